The van der Waals surface area contributed by atoms with Crippen LogP contribution in [0.3, 0.4) is 0 Å². The average Bonchev–Trinajstić information content (AvgIpc) is 2.33. The highest BCUT2D eigenvalue weighted by Crippen LogP contribution is 2.29. The monoisotopic (exact) mass is 270 g/mol. The van der Waals surface area contributed by atoms with E-state index in [0.29, 0.717) is 6.04 Å². The molecule has 0 aromatic carbocycles. The summed E-state index contributed by atoms with van der Waals surface area (Å²) >= 11 is 0. The summed E-state index contributed by atoms with van der Waals surface area (Å²) in [6, 6.07) is 0.468. The standard InChI is InChI=1S/C15H30N2O2/c1-13-10-16(8-9-17(13)11-14(2)18)12-15(19)6-4-3-5-7-15/h13-14,18-19H,3-12H2,1-2H3/t13-,14+/m0/s1. The smallest absolute Gasteiger partial charge is 0.0774 e. The molecule has 0 aromatic rings. The molecular weight excluding hydrogens is 240 g/mol. The lowest BCUT2D eigenvalue weighted by atomic mass is 9.84. The van der Waals surface area contributed by atoms with E-state index in [1.54, 1.807) is 0 Å². The van der Waals surface area contributed by atoms with Gasteiger partial charge in [-0.2, -0.15) is 0 Å². The van der Waals surface area contributed by atoms with Crippen molar-refractivity contribution in [2.45, 2.75) is 63.7 Å². The van der Waals surface area contributed by atoms with Crippen molar-refractivity contribution < 1.29 is 10.2 Å². The van der Waals surface area contributed by atoms with Gasteiger partial charge in [0.1, 0.15) is 0 Å². The van der Waals surface area contributed by atoms with Crippen LogP contribution in [-0.2, 0) is 0 Å². The van der Waals surface area contributed by atoms with Crippen molar-refractivity contribution in [2.24, 2.45) is 0 Å². The van der Waals surface area contributed by atoms with Crippen LogP contribution in [0.1, 0.15) is 46.0 Å². The second-order valence-electron chi connectivity index (χ2n) is 6.71. The van der Waals surface area contributed by atoms with E-state index in [-0.39, 0.29) is 6.10 Å². The van der Waals surface area contributed by atoms with E-state index in [2.05, 4.69) is 16.7 Å². The molecular formula is C15H30N2O2. The molecule has 0 radical (unpaired) electrons. The average molecular weight is 270 g/mol. The van der Waals surface area contributed by atoms with Gasteiger partial charge < -0.3 is 10.2 Å². The molecule has 4 nitrogen and oxygen atoms in total. The Morgan fingerprint density at radius 2 is 1.89 bits per heavy atom. The van der Waals surface area contributed by atoms with Gasteiger partial charge in [0.15, 0.2) is 0 Å². The maximum atomic E-state index is 10.6. The number of aliphatic hydroxyl groups excluding tert-OH is 1. The van der Waals surface area contributed by atoms with Crippen molar-refractivity contribution in [3.8, 4) is 0 Å². The zero-order valence-corrected chi connectivity index (χ0v) is 12.5. The summed E-state index contributed by atoms with van der Waals surface area (Å²) in [5, 5.41) is 20.1. The minimum absolute atomic E-state index is 0.253. The Bertz CT molecular complexity index is 277. The minimum atomic E-state index is -0.440. The molecule has 2 atom stereocenters. The highest BCUT2D eigenvalue weighted by molar-refractivity contribution is 4.89. The molecule has 0 aromatic heterocycles. The number of aliphatic hydroxyl groups is 2. The van der Waals surface area contributed by atoms with Crippen LogP contribution in [0, 0.1) is 0 Å². The third-order valence-electron chi connectivity index (χ3n) is 4.65. The Hall–Kier alpha value is -0.160. The van der Waals surface area contributed by atoms with Crippen LogP contribution in [0.25, 0.3) is 0 Å². The van der Waals surface area contributed by atoms with Crippen LogP contribution in [0.4, 0.5) is 0 Å². The van der Waals surface area contributed by atoms with Gasteiger partial charge in [-0.3, -0.25) is 9.80 Å². The molecule has 1 aliphatic heterocycles. The van der Waals surface area contributed by atoms with Crippen LogP contribution >= 0.6 is 0 Å². The molecule has 0 spiro atoms. The fourth-order valence-electron chi connectivity index (χ4n) is 3.61. The zero-order valence-electron chi connectivity index (χ0n) is 12.5. The maximum absolute atomic E-state index is 10.6. The first-order valence-electron chi connectivity index (χ1n) is 7.85. The maximum Gasteiger partial charge on any atom is 0.0774 e. The Morgan fingerprint density at radius 1 is 1.21 bits per heavy atom. The van der Waals surface area contributed by atoms with Gasteiger partial charge in [-0.1, -0.05) is 19.3 Å². The van der Waals surface area contributed by atoms with Crippen LogP contribution in [0.15, 0.2) is 0 Å². The summed E-state index contributed by atoms with van der Waals surface area (Å²) in [5.74, 6) is 0. The Labute approximate surface area is 117 Å². The van der Waals surface area contributed by atoms with Crippen molar-refractivity contribution in [3.05, 3.63) is 0 Å². The normalized spacial score (nSPS) is 31.3. The van der Waals surface area contributed by atoms with Gasteiger partial charge in [0.25, 0.3) is 0 Å². The third-order valence-corrected chi connectivity index (χ3v) is 4.65. The number of nitrogens with zero attached hydrogens (tertiary/aromatic N) is 2. The Kier molecular flexibility index (Phi) is 5.23. The molecule has 1 aliphatic carbocycles. The summed E-state index contributed by atoms with van der Waals surface area (Å²) in [6.45, 7) is 8.69. The quantitative estimate of drug-likeness (QED) is 0.802. The molecule has 2 aliphatic rings. The summed E-state index contributed by atoms with van der Waals surface area (Å²) in [5.41, 5.74) is -0.440. The van der Waals surface area contributed by atoms with Crippen molar-refractivity contribution in [1.82, 2.24) is 9.80 Å². The lowest BCUT2D eigenvalue weighted by molar-refractivity contribution is -0.0456. The van der Waals surface area contributed by atoms with Crippen LogP contribution in [0.5, 0.6) is 0 Å². The molecule has 2 rings (SSSR count). The summed E-state index contributed by atoms with van der Waals surface area (Å²) < 4.78 is 0. The molecule has 19 heavy (non-hydrogen) atoms. The highest BCUT2D eigenvalue weighted by Gasteiger charge is 2.33. The van der Waals surface area contributed by atoms with E-state index in [1.165, 1.54) is 19.3 Å². The van der Waals surface area contributed by atoms with Crippen LogP contribution < -0.4 is 0 Å². The van der Waals surface area contributed by atoms with Gasteiger partial charge in [0, 0.05) is 38.8 Å². The van der Waals surface area contributed by atoms with Gasteiger partial charge in [-0.05, 0) is 26.7 Å². The summed E-state index contributed by atoms with van der Waals surface area (Å²) in [6.07, 6.45) is 5.31. The number of hydrogen-bond acceptors (Lipinski definition) is 4. The van der Waals surface area contributed by atoms with Crippen LogP contribution in [0.2, 0.25) is 0 Å². The highest BCUT2D eigenvalue weighted by atomic mass is 16.3. The van der Waals surface area contributed by atoms with Gasteiger partial charge in [-0.25, -0.2) is 0 Å². The van der Waals surface area contributed by atoms with Crippen molar-refractivity contribution in [3.63, 3.8) is 0 Å². The largest absolute Gasteiger partial charge is 0.392 e. The lowest BCUT2D eigenvalue weighted by Crippen LogP contribution is -2.56. The number of piperazine rings is 1. The number of β-amino-alcohol motifs (C(OH)–C–C–N with tert-alkyl or cyclic N) is 2. The first-order chi connectivity index (χ1) is 8.98. The number of rotatable bonds is 4. The second kappa shape index (κ2) is 6.53. The molecule has 1 saturated carbocycles. The van der Waals surface area contributed by atoms with Gasteiger partial charge in [-0.15, -0.1) is 0 Å². The number of hydrogen-bond donors (Lipinski definition) is 2. The SMILES string of the molecule is C[C@@H](O)CN1CCN(CC2(O)CCCCC2)C[C@@H]1C. The van der Waals surface area contributed by atoms with E-state index in [9.17, 15) is 10.2 Å². The second-order valence-corrected chi connectivity index (χ2v) is 6.71. The van der Waals surface area contributed by atoms with E-state index in [1.807, 2.05) is 6.92 Å². The molecule has 1 saturated heterocycles. The molecule has 2 fully saturated rings. The van der Waals surface area contributed by atoms with E-state index < -0.39 is 5.60 Å². The van der Waals surface area contributed by atoms with Crippen molar-refractivity contribution in [1.29, 1.82) is 0 Å². The van der Waals surface area contributed by atoms with Crippen LogP contribution in [-0.4, -0.2) is 70.5 Å². The van der Waals surface area contributed by atoms with E-state index in [4.69, 9.17) is 0 Å². The Balaban J connectivity index is 1.81. The summed E-state index contributed by atoms with van der Waals surface area (Å²) in [4.78, 5) is 4.76. The van der Waals surface area contributed by atoms with E-state index in [0.717, 1.165) is 45.6 Å². The van der Waals surface area contributed by atoms with Crippen molar-refractivity contribution in [2.75, 3.05) is 32.7 Å². The summed E-state index contributed by atoms with van der Waals surface area (Å²) in [7, 11) is 0. The van der Waals surface area contributed by atoms with Crippen molar-refractivity contribution >= 4 is 0 Å². The fraction of sp³-hybridized carbons (Fsp3) is 1.00. The first kappa shape index (κ1) is 15.2. The minimum Gasteiger partial charge on any atom is -0.392 e. The fourth-order valence-corrected chi connectivity index (χ4v) is 3.61. The van der Waals surface area contributed by atoms with Gasteiger partial charge in [0.2, 0.25) is 0 Å². The zero-order chi connectivity index (χ0) is 13.9. The predicted molar refractivity (Wildman–Crippen MR) is 77.2 cm³/mol. The topological polar surface area (TPSA) is 46.9 Å². The molecule has 2 N–H and O–H groups in total. The van der Waals surface area contributed by atoms with Gasteiger partial charge >= 0.3 is 0 Å². The van der Waals surface area contributed by atoms with Gasteiger partial charge in [0.05, 0.1) is 11.7 Å². The third kappa shape index (κ3) is 4.42. The molecule has 0 bridgehead atoms. The first-order valence-corrected chi connectivity index (χ1v) is 7.85. The van der Waals surface area contributed by atoms with E-state index >= 15 is 0 Å². The molecule has 4 heteroatoms. The predicted octanol–water partition coefficient (Wildman–Crippen LogP) is 1.07. The molecule has 0 amide bonds. The molecule has 1 heterocycles. The molecule has 112 valence electrons. The Morgan fingerprint density at radius 3 is 2.47 bits per heavy atom. The lowest BCUT2D eigenvalue weighted by Gasteiger charge is -2.44. The molecule has 0 unspecified atom stereocenters.